The third-order valence-electron chi connectivity index (χ3n) is 4.40. The van der Waals surface area contributed by atoms with Crippen LogP contribution in [0.3, 0.4) is 0 Å². The van der Waals surface area contributed by atoms with Gasteiger partial charge in [-0.1, -0.05) is 23.7 Å². The summed E-state index contributed by atoms with van der Waals surface area (Å²) in [5.41, 5.74) is 0.981. The Labute approximate surface area is 178 Å². The molecule has 29 heavy (non-hydrogen) atoms. The van der Waals surface area contributed by atoms with Crippen molar-refractivity contribution < 1.29 is 24.2 Å². The Bertz CT molecular complexity index is 904. The van der Waals surface area contributed by atoms with Gasteiger partial charge in [-0.05, 0) is 24.6 Å². The van der Waals surface area contributed by atoms with Crippen molar-refractivity contribution in [3.63, 3.8) is 0 Å². The molecule has 9 heteroatoms. The van der Waals surface area contributed by atoms with E-state index in [4.69, 9.17) is 37.9 Å². The summed E-state index contributed by atoms with van der Waals surface area (Å²) in [5, 5.41) is 19.1. The maximum Gasteiger partial charge on any atom is 0.337 e. The molecule has 0 radical (unpaired) electrons. The first-order chi connectivity index (χ1) is 13.8. The molecule has 1 aliphatic heterocycles. The SMILES string of the molecule is CC1=C(C(=O)OCCC#N)C(c2cccc(Cl)c2)C(C(=O)O)=C(OCCCl)N1C. The monoisotopic (exact) mass is 438 g/mol. The van der Waals surface area contributed by atoms with Crippen LogP contribution in [-0.4, -0.2) is 48.1 Å². The number of aliphatic carboxylic acids is 1. The van der Waals surface area contributed by atoms with Gasteiger partial charge in [0.05, 0.1) is 29.9 Å². The molecule has 0 amide bonds. The van der Waals surface area contributed by atoms with E-state index in [9.17, 15) is 14.7 Å². The maximum atomic E-state index is 12.9. The van der Waals surface area contributed by atoms with Gasteiger partial charge in [0.15, 0.2) is 0 Å². The molecule has 7 nitrogen and oxygen atoms in total. The van der Waals surface area contributed by atoms with Gasteiger partial charge in [-0.3, -0.25) is 0 Å². The molecule has 0 aliphatic carbocycles. The van der Waals surface area contributed by atoms with Crippen LogP contribution in [0.25, 0.3) is 0 Å². The third-order valence-corrected chi connectivity index (χ3v) is 4.79. The van der Waals surface area contributed by atoms with E-state index in [1.807, 2.05) is 6.07 Å². The van der Waals surface area contributed by atoms with Crippen LogP contribution in [0.1, 0.15) is 24.8 Å². The minimum atomic E-state index is -1.25. The smallest absolute Gasteiger partial charge is 0.337 e. The number of esters is 1. The number of carbonyl (C=O) groups is 2. The molecule has 1 atom stereocenters. The normalized spacial score (nSPS) is 16.5. The van der Waals surface area contributed by atoms with Gasteiger partial charge in [0.25, 0.3) is 0 Å². The van der Waals surface area contributed by atoms with Crippen molar-refractivity contribution in [3.05, 3.63) is 57.6 Å². The Morgan fingerprint density at radius 2 is 2.03 bits per heavy atom. The zero-order valence-electron chi connectivity index (χ0n) is 15.9. The predicted octanol–water partition coefficient (Wildman–Crippen LogP) is 3.65. The van der Waals surface area contributed by atoms with E-state index in [1.165, 1.54) is 4.90 Å². The molecule has 0 saturated heterocycles. The highest BCUT2D eigenvalue weighted by Crippen LogP contribution is 2.42. The average molecular weight is 439 g/mol. The molecular formula is C20H20Cl2N2O5. The van der Waals surface area contributed by atoms with Gasteiger partial charge >= 0.3 is 11.9 Å². The van der Waals surface area contributed by atoms with Gasteiger partial charge in [-0.25, -0.2) is 9.59 Å². The third kappa shape index (κ3) is 5.03. The summed E-state index contributed by atoms with van der Waals surface area (Å²) >= 11 is 11.8. The molecule has 1 N–H and O–H groups in total. The molecule has 0 saturated carbocycles. The lowest BCUT2D eigenvalue weighted by Gasteiger charge is -2.35. The number of carbonyl (C=O) groups excluding carboxylic acids is 1. The molecule has 1 aromatic rings. The van der Waals surface area contributed by atoms with Crippen LogP contribution in [-0.2, 0) is 19.1 Å². The number of alkyl halides is 1. The fraction of sp³-hybridized carbons (Fsp3) is 0.350. The molecule has 1 heterocycles. The zero-order valence-corrected chi connectivity index (χ0v) is 17.5. The minimum absolute atomic E-state index is 0.0292. The largest absolute Gasteiger partial charge is 0.478 e. The number of halogens is 2. The van der Waals surface area contributed by atoms with Crippen LogP contribution in [0, 0.1) is 11.3 Å². The molecule has 154 valence electrons. The van der Waals surface area contributed by atoms with Crippen molar-refractivity contribution in [1.29, 1.82) is 5.26 Å². The van der Waals surface area contributed by atoms with E-state index in [-0.39, 0.29) is 42.5 Å². The molecule has 0 fully saturated rings. The Morgan fingerprint density at radius 3 is 2.62 bits per heavy atom. The van der Waals surface area contributed by atoms with Crippen molar-refractivity contribution in [2.45, 2.75) is 19.3 Å². The second-order valence-corrected chi connectivity index (χ2v) is 6.97. The van der Waals surface area contributed by atoms with Crippen molar-refractivity contribution in [3.8, 4) is 6.07 Å². The number of carboxylic acid groups (broad SMARTS) is 1. The lowest BCUT2D eigenvalue weighted by atomic mass is 9.81. The lowest BCUT2D eigenvalue weighted by molar-refractivity contribution is -0.139. The van der Waals surface area contributed by atoms with Crippen LogP contribution in [0.15, 0.2) is 47.0 Å². The summed E-state index contributed by atoms with van der Waals surface area (Å²) in [6.45, 7) is 1.66. The van der Waals surface area contributed by atoms with E-state index >= 15 is 0 Å². The lowest BCUT2D eigenvalue weighted by Crippen LogP contribution is -2.35. The summed E-state index contributed by atoms with van der Waals surface area (Å²) in [6.07, 6.45) is 0.0292. The number of benzene rings is 1. The van der Waals surface area contributed by atoms with Crippen molar-refractivity contribution in [2.24, 2.45) is 0 Å². The standard InChI is InChI=1S/C20H20Cl2N2O5/c1-12-15(20(27)29-9-4-8-23)16(13-5-3-6-14(22)11-13)17(19(25)26)18(24(12)2)28-10-7-21/h3,5-6,11,16H,4,7,9-10H2,1-2H3,(H,25,26). The predicted molar refractivity (Wildman–Crippen MR) is 107 cm³/mol. The van der Waals surface area contributed by atoms with Crippen LogP contribution in [0.5, 0.6) is 0 Å². The quantitative estimate of drug-likeness (QED) is 0.375. The average Bonchev–Trinajstić information content (AvgIpc) is 2.68. The van der Waals surface area contributed by atoms with Gasteiger partial charge in [-0.15, -0.1) is 11.6 Å². The number of nitrogens with zero attached hydrogens (tertiary/aromatic N) is 2. The number of allylic oxidation sites excluding steroid dienone is 1. The van der Waals surface area contributed by atoms with Crippen molar-refractivity contribution in [2.75, 3.05) is 26.1 Å². The van der Waals surface area contributed by atoms with E-state index in [2.05, 4.69) is 0 Å². The maximum absolute atomic E-state index is 12.9. The summed E-state index contributed by atoms with van der Waals surface area (Å²) < 4.78 is 10.8. The molecular weight excluding hydrogens is 419 g/mol. The number of carboxylic acids is 1. The molecule has 1 aliphatic rings. The molecule has 1 aromatic carbocycles. The second-order valence-electron chi connectivity index (χ2n) is 6.15. The fourth-order valence-electron chi connectivity index (χ4n) is 3.07. The van der Waals surface area contributed by atoms with E-state index in [0.717, 1.165) is 0 Å². The van der Waals surface area contributed by atoms with Crippen LogP contribution in [0.2, 0.25) is 5.02 Å². The minimum Gasteiger partial charge on any atom is -0.478 e. The molecule has 0 spiro atoms. The molecule has 2 rings (SSSR count). The topological polar surface area (TPSA) is 99.9 Å². The zero-order chi connectivity index (χ0) is 21.6. The highest BCUT2D eigenvalue weighted by atomic mass is 35.5. The highest BCUT2D eigenvalue weighted by molar-refractivity contribution is 6.30. The molecule has 1 unspecified atom stereocenters. The number of nitriles is 1. The summed E-state index contributed by atoms with van der Waals surface area (Å²) in [7, 11) is 1.60. The van der Waals surface area contributed by atoms with Gasteiger partial charge < -0.3 is 19.5 Å². The Morgan fingerprint density at radius 1 is 1.31 bits per heavy atom. The van der Waals surface area contributed by atoms with Crippen LogP contribution < -0.4 is 0 Å². The van der Waals surface area contributed by atoms with Gasteiger partial charge in [-0.2, -0.15) is 5.26 Å². The summed E-state index contributed by atoms with van der Waals surface area (Å²) in [6, 6.07) is 8.49. The first-order valence-electron chi connectivity index (χ1n) is 8.73. The number of ether oxygens (including phenoxy) is 2. The van der Waals surface area contributed by atoms with E-state index in [1.54, 1.807) is 38.2 Å². The van der Waals surface area contributed by atoms with Crippen molar-refractivity contribution in [1.82, 2.24) is 4.90 Å². The summed E-state index contributed by atoms with van der Waals surface area (Å²) in [5.74, 6) is -2.67. The Balaban J connectivity index is 2.66. The van der Waals surface area contributed by atoms with Crippen LogP contribution in [0.4, 0.5) is 0 Å². The van der Waals surface area contributed by atoms with Crippen molar-refractivity contribution >= 4 is 35.1 Å². The Hall–Kier alpha value is -2.69. The number of rotatable bonds is 8. The second kappa shape index (κ2) is 10.2. The van der Waals surface area contributed by atoms with Crippen LogP contribution >= 0.6 is 23.2 Å². The fourth-order valence-corrected chi connectivity index (χ4v) is 3.34. The number of hydrogen-bond donors (Lipinski definition) is 1. The van der Waals surface area contributed by atoms with Gasteiger partial charge in [0.2, 0.25) is 5.88 Å². The Kier molecular flexibility index (Phi) is 7.94. The van der Waals surface area contributed by atoms with E-state index < -0.39 is 17.9 Å². The van der Waals surface area contributed by atoms with E-state index in [0.29, 0.717) is 16.3 Å². The highest BCUT2D eigenvalue weighted by Gasteiger charge is 2.41. The van der Waals surface area contributed by atoms with Gasteiger partial charge in [0, 0.05) is 17.8 Å². The summed E-state index contributed by atoms with van der Waals surface area (Å²) in [4.78, 5) is 26.6. The molecule has 0 bridgehead atoms. The first-order valence-corrected chi connectivity index (χ1v) is 9.65. The molecule has 0 aromatic heterocycles. The first kappa shape index (κ1) is 22.6. The van der Waals surface area contributed by atoms with Gasteiger partial charge in [0.1, 0.15) is 18.8 Å². The number of hydrogen-bond acceptors (Lipinski definition) is 6.